The number of nitrogens with zero attached hydrogens (tertiary/aromatic N) is 2. The number of aromatic nitrogens is 1. The number of carboxylic acids is 1. The van der Waals surface area contributed by atoms with Gasteiger partial charge in [0.15, 0.2) is 0 Å². The van der Waals surface area contributed by atoms with Crippen LogP contribution in [0.25, 0.3) is 0 Å². The summed E-state index contributed by atoms with van der Waals surface area (Å²) in [4.78, 5) is 14.0. The number of ether oxygens (including phenoxy) is 1. The van der Waals surface area contributed by atoms with Gasteiger partial charge in [-0.1, -0.05) is 12.1 Å². The number of anilines is 1. The second-order valence-corrected chi connectivity index (χ2v) is 6.02. The van der Waals surface area contributed by atoms with Crippen molar-refractivity contribution in [2.45, 2.75) is 20.4 Å². The molecule has 3 rings (SSSR count). The molecule has 0 atom stereocenters. The van der Waals surface area contributed by atoms with Crippen molar-refractivity contribution in [1.29, 1.82) is 0 Å². The Bertz CT molecular complexity index is 747. The van der Waals surface area contributed by atoms with Crippen molar-refractivity contribution in [3.63, 3.8) is 0 Å². The molecule has 0 unspecified atom stereocenters. The third-order valence-corrected chi connectivity index (χ3v) is 4.51. The second kappa shape index (κ2) is 6.65. The molecule has 1 N–H and O–H groups in total. The van der Waals surface area contributed by atoms with E-state index in [2.05, 4.69) is 4.90 Å². The van der Waals surface area contributed by atoms with Crippen LogP contribution in [0.15, 0.2) is 24.3 Å². The van der Waals surface area contributed by atoms with Gasteiger partial charge in [0.05, 0.1) is 18.9 Å². The number of halogens is 1. The van der Waals surface area contributed by atoms with Gasteiger partial charge in [-0.3, -0.25) is 0 Å². The fourth-order valence-electron chi connectivity index (χ4n) is 3.38. The zero-order valence-corrected chi connectivity index (χ0v) is 13.9. The highest BCUT2D eigenvalue weighted by Crippen LogP contribution is 2.32. The van der Waals surface area contributed by atoms with E-state index in [0.29, 0.717) is 25.5 Å². The van der Waals surface area contributed by atoms with Gasteiger partial charge in [0.25, 0.3) is 0 Å². The van der Waals surface area contributed by atoms with E-state index in [4.69, 9.17) is 4.74 Å². The minimum atomic E-state index is -0.947. The zero-order chi connectivity index (χ0) is 17.3. The van der Waals surface area contributed by atoms with Crippen molar-refractivity contribution < 1.29 is 19.0 Å². The largest absolute Gasteiger partial charge is 0.477 e. The van der Waals surface area contributed by atoms with Gasteiger partial charge in [-0.25, -0.2) is 9.18 Å². The molecule has 1 aromatic heterocycles. The highest BCUT2D eigenvalue weighted by Gasteiger charge is 2.26. The van der Waals surface area contributed by atoms with Crippen LogP contribution in [-0.2, 0) is 11.3 Å². The summed E-state index contributed by atoms with van der Waals surface area (Å²) in [5, 5.41) is 9.68. The normalized spacial score (nSPS) is 14.9. The maximum Gasteiger partial charge on any atom is 0.352 e. The topological polar surface area (TPSA) is 54.7 Å². The molecule has 1 fully saturated rings. The highest BCUT2D eigenvalue weighted by atomic mass is 19.1. The van der Waals surface area contributed by atoms with Crippen LogP contribution in [0.3, 0.4) is 0 Å². The predicted molar refractivity (Wildman–Crippen MR) is 89.4 cm³/mol. The first-order valence-corrected chi connectivity index (χ1v) is 7.99. The van der Waals surface area contributed by atoms with Crippen LogP contribution in [0.5, 0.6) is 0 Å². The first-order valence-electron chi connectivity index (χ1n) is 7.99. The van der Waals surface area contributed by atoms with Gasteiger partial charge in [-0.05, 0) is 31.5 Å². The average Bonchev–Trinajstić information content (AvgIpc) is 2.81. The number of carboxylic acid groups (broad SMARTS) is 1. The molecule has 128 valence electrons. The maximum absolute atomic E-state index is 13.1. The predicted octanol–water partition coefficient (Wildman–Crippen LogP) is 2.83. The van der Waals surface area contributed by atoms with E-state index >= 15 is 0 Å². The lowest BCUT2D eigenvalue weighted by Crippen LogP contribution is -2.36. The van der Waals surface area contributed by atoms with E-state index in [1.165, 1.54) is 12.1 Å². The molecule has 0 saturated carbocycles. The van der Waals surface area contributed by atoms with Crippen LogP contribution in [0, 0.1) is 19.7 Å². The Balaban J connectivity index is 2.03. The van der Waals surface area contributed by atoms with E-state index in [1.54, 1.807) is 16.7 Å². The summed E-state index contributed by atoms with van der Waals surface area (Å²) in [6, 6.07) is 6.16. The van der Waals surface area contributed by atoms with Crippen molar-refractivity contribution in [2.24, 2.45) is 0 Å². The van der Waals surface area contributed by atoms with Gasteiger partial charge in [0.1, 0.15) is 11.5 Å². The lowest BCUT2D eigenvalue weighted by molar-refractivity contribution is 0.0684. The molecule has 24 heavy (non-hydrogen) atoms. The van der Waals surface area contributed by atoms with Gasteiger partial charge in [0, 0.05) is 30.9 Å². The van der Waals surface area contributed by atoms with E-state index in [9.17, 15) is 14.3 Å². The van der Waals surface area contributed by atoms with Crippen molar-refractivity contribution in [2.75, 3.05) is 31.2 Å². The fourth-order valence-corrected chi connectivity index (χ4v) is 3.38. The number of benzene rings is 1. The van der Waals surface area contributed by atoms with Crippen LogP contribution < -0.4 is 4.90 Å². The molecule has 0 spiro atoms. The Kier molecular flexibility index (Phi) is 4.57. The molecule has 6 heteroatoms. The zero-order valence-electron chi connectivity index (χ0n) is 13.9. The number of rotatable bonds is 4. The smallest absolute Gasteiger partial charge is 0.352 e. The molecule has 1 aromatic carbocycles. The molecular weight excluding hydrogens is 311 g/mol. The monoisotopic (exact) mass is 332 g/mol. The van der Waals surface area contributed by atoms with Gasteiger partial charge in [0.2, 0.25) is 0 Å². The molecule has 2 aromatic rings. The van der Waals surface area contributed by atoms with E-state index in [1.807, 2.05) is 13.8 Å². The highest BCUT2D eigenvalue weighted by molar-refractivity contribution is 5.91. The summed E-state index contributed by atoms with van der Waals surface area (Å²) in [5.74, 6) is -1.25. The molecule has 0 bridgehead atoms. The minimum absolute atomic E-state index is 0.290. The summed E-state index contributed by atoms with van der Waals surface area (Å²) in [5.41, 5.74) is 3.81. The lowest BCUT2D eigenvalue weighted by atomic mass is 10.2. The average molecular weight is 332 g/mol. The Morgan fingerprint density at radius 2 is 1.83 bits per heavy atom. The van der Waals surface area contributed by atoms with Gasteiger partial charge in [-0.2, -0.15) is 0 Å². The number of carbonyl (C=O) groups is 1. The molecule has 1 aliphatic rings. The Hall–Kier alpha value is -2.34. The first kappa shape index (κ1) is 16.5. The third-order valence-electron chi connectivity index (χ3n) is 4.51. The summed E-state index contributed by atoms with van der Waals surface area (Å²) in [6.07, 6.45) is 0. The Morgan fingerprint density at radius 1 is 1.21 bits per heavy atom. The number of hydrogen-bond donors (Lipinski definition) is 1. The first-order chi connectivity index (χ1) is 11.5. The Morgan fingerprint density at radius 3 is 2.42 bits per heavy atom. The lowest BCUT2D eigenvalue weighted by Gasteiger charge is -2.29. The molecule has 0 amide bonds. The van der Waals surface area contributed by atoms with Gasteiger partial charge >= 0.3 is 5.97 Å². The van der Waals surface area contributed by atoms with Crippen LogP contribution in [0.4, 0.5) is 10.1 Å². The summed E-state index contributed by atoms with van der Waals surface area (Å²) < 4.78 is 20.3. The van der Waals surface area contributed by atoms with Gasteiger partial charge < -0.3 is 19.3 Å². The van der Waals surface area contributed by atoms with Crippen molar-refractivity contribution in [3.8, 4) is 0 Å². The third kappa shape index (κ3) is 3.01. The van der Waals surface area contributed by atoms with Crippen LogP contribution in [0.1, 0.15) is 27.3 Å². The van der Waals surface area contributed by atoms with E-state index < -0.39 is 5.97 Å². The molecule has 2 heterocycles. The van der Waals surface area contributed by atoms with Gasteiger partial charge in [-0.15, -0.1) is 0 Å². The molecule has 1 aliphatic heterocycles. The summed E-state index contributed by atoms with van der Waals surface area (Å²) in [6.45, 7) is 6.98. The fraction of sp³-hybridized carbons (Fsp3) is 0.389. The van der Waals surface area contributed by atoms with Crippen LogP contribution in [-0.4, -0.2) is 41.9 Å². The maximum atomic E-state index is 13.1. The Labute approximate surface area is 140 Å². The van der Waals surface area contributed by atoms with Crippen LogP contribution >= 0.6 is 0 Å². The molecular formula is C18H21FN2O3. The second-order valence-electron chi connectivity index (χ2n) is 6.02. The summed E-state index contributed by atoms with van der Waals surface area (Å²) >= 11 is 0. The minimum Gasteiger partial charge on any atom is -0.477 e. The molecule has 5 nitrogen and oxygen atoms in total. The molecule has 1 saturated heterocycles. The quantitative estimate of drug-likeness (QED) is 0.935. The SMILES string of the molecule is Cc1c(N2CCOCC2)c(C)n(Cc2ccc(F)cc2)c1C(=O)O. The van der Waals surface area contributed by atoms with E-state index in [-0.39, 0.29) is 5.82 Å². The molecule has 0 radical (unpaired) electrons. The number of hydrogen-bond acceptors (Lipinski definition) is 3. The number of aromatic carboxylic acids is 1. The standard InChI is InChI=1S/C18H21FN2O3/c1-12-16(20-7-9-24-10-8-20)13(2)21(17(12)18(22)23)11-14-3-5-15(19)6-4-14/h3-6H,7-11H2,1-2H3,(H,22,23). The summed E-state index contributed by atoms with van der Waals surface area (Å²) in [7, 11) is 0. The number of morpholine rings is 1. The van der Waals surface area contributed by atoms with Crippen molar-refractivity contribution in [3.05, 3.63) is 52.6 Å². The van der Waals surface area contributed by atoms with E-state index in [0.717, 1.165) is 35.6 Å². The molecule has 0 aliphatic carbocycles. The van der Waals surface area contributed by atoms with Crippen molar-refractivity contribution in [1.82, 2.24) is 4.57 Å². The van der Waals surface area contributed by atoms with Crippen molar-refractivity contribution >= 4 is 11.7 Å². The van der Waals surface area contributed by atoms with Crippen LogP contribution in [0.2, 0.25) is 0 Å².